The van der Waals surface area contributed by atoms with Gasteiger partial charge in [-0.05, 0) is 17.7 Å². The molecular formula is C20H20Cl3NO4. The molecule has 1 aliphatic rings. The summed E-state index contributed by atoms with van der Waals surface area (Å²) in [6.07, 6.45) is -0.0423. The van der Waals surface area contributed by atoms with Crippen molar-refractivity contribution >= 4 is 47.4 Å². The summed E-state index contributed by atoms with van der Waals surface area (Å²) < 4.78 is 5.81. The second-order valence-electron chi connectivity index (χ2n) is 6.35. The molecule has 2 aromatic rings. The van der Waals surface area contributed by atoms with Crippen LogP contribution in [-0.2, 0) is 9.53 Å². The van der Waals surface area contributed by atoms with Crippen molar-refractivity contribution < 1.29 is 19.4 Å². The van der Waals surface area contributed by atoms with Crippen molar-refractivity contribution in [2.45, 2.75) is 12.5 Å². The lowest BCUT2D eigenvalue weighted by atomic mass is 10.00. The van der Waals surface area contributed by atoms with Gasteiger partial charge in [0.1, 0.15) is 0 Å². The third-order valence-corrected chi connectivity index (χ3v) is 5.16. The molecule has 1 N–H and O–H groups in total. The summed E-state index contributed by atoms with van der Waals surface area (Å²) in [6.45, 7) is 2.37. The normalized spacial score (nSPS) is 17.0. The summed E-state index contributed by atoms with van der Waals surface area (Å²) in [7, 11) is 0. The van der Waals surface area contributed by atoms with Crippen LogP contribution in [0.5, 0.6) is 0 Å². The average molecular weight is 445 g/mol. The number of hydrogen-bond donors (Lipinski definition) is 1. The van der Waals surface area contributed by atoms with Crippen molar-refractivity contribution in [1.82, 2.24) is 4.90 Å². The average Bonchev–Trinajstić information content (AvgIpc) is 2.66. The molecule has 0 bridgehead atoms. The molecule has 0 aliphatic carbocycles. The highest BCUT2D eigenvalue weighted by Crippen LogP contribution is 2.28. The molecule has 0 radical (unpaired) electrons. The molecule has 1 fully saturated rings. The van der Waals surface area contributed by atoms with E-state index in [1.807, 2.05) is 12.1 Å². The van der Waals surface area contributed by atoms with Gasteiger partial charge in [-0.2, -0.15) is 0 Å². The van der Waals surface area contributed by atoms with E-state index in [-0.39, 0.29) is 30.7 Å². The van der Waals surface area contributed by atoms with E-state index in [2.05, 4.69) is 4.90 Å². The lowest BCUT2D eigenvalue weighted by molar-refractivity contribution is -0.137. The highest BCUT2D eigenvalue weighted by Gasteiger charge is 2.23. The van der Waals surface area contributed by atoms with E-state index in [9.17, 15) is 9.59 Å². The maximum absolute atomic E-state index is 12.7. The number of ketones is 1. The monoisotopic (exact) mass is 443 g/mol. The standard InChI is InChI=1S/C20H19Cl2NO4.ClH/c21-15-2-1-3-16(22)19(15)20(26)14-6-4-13(5-7-14)17-12-23(10-11-27-17)9-8-18(24)25;/h1-7,17H,8-12H2,(H,24,25);1H. The van der Waals surface area contributed by atoms with Crippen LogP contribution in [0.1, 0.15) is 34.0 Å². The van der Waals surface area contributed by atoms with Crippen LogP contribution in [-0.4, -0.2) is 48.0 Å². The zero-order valence-electron chi connectivity index (χ0n) is 14.9. The number of carbonyl (C=O) groups excluding carboxylic acids is 1. The Kier molecular flexibility index (Phi) is 8.28. The smallest absolute Gasteiger partial charge is 0.304 e. The van der Waals surface area contributed by atoms with Crippen LogP contribution in [0.3, 0.4) is 0 Å². The molecular weight excluding hydrogens is 425 g/mol. The first-order valence-corrected chi connectivity index (χ1v) is 9.35. The van der Waals surface area contributed by atoms with Crippen molar-refractivity contribution in [2.24, 2.45) is 0 Å². The Morgan fingerprint density at radius 3 is 2.36 bits per heavy atom. The molecule has 0 aromatic heterocycles. The molecule has 2 aromatic carbocycles. The number of nitrogens with zero attached hydrogens (tertiary/aromatic N) is 1. The van der Waals surface area contributed by atoms with E-state index in [1.54, 1.807) is 30.3 Å². The maximum Gasteiger partial charge on any atom is 0.304 e. The van der Waals surface area contributed by atoms with Gasteiger partial charge in [0.15, 0.2) is 5.78 Å². The van der Waals surface area contributed by atoms with Crippen molar-refractivity contribution in [2.75, 3.05) is 26.2 Å². The minimum atomic E-state index is -0.806. The Morgan fingerprint density at radius 1 is 1.11 bits per heavy atom. The first-order valence-electron chi connectivity index (χ1n) is 8.60. The van der Waals surface area contributed by atoms with E-state index >= 15 is 0 Å². The van der Waals surface area contributed by atoms with Crippen LogP contribution in [0.15, 0.2) is 42.5 Å². The van der Waals surface area contributed by atoms with E-state index in [0.29, 0.717) is 47.4 Å². The summed E-state index contributed by atoms with van der Waals surface area (Å²) in [5.41, 5.74) is 1.73. The molecule has 1 aliphatic heterocycles. The van der Waals surface area contributed by atoms with Crippen LogP contribution in [0.2, 0.25) is 10.0 Å². The molecule has 0 spiro atoms. The zero-order valence-corrected chi connectivity index (χ0v) is 17.3. The lowest BCUT2D eigenvalue weighted by Gasteiger charge is -2.32. The van der Waals surface area contributed by atoms with Crippen molar-refractivity contribution in [3.63, 3.8) is 0 Å². The minimum Gasteiger partial charge on any atom is -0.481 e. The number of morpholine rings is 1. The van der Waals surface area contributed by atoms with Crippen LogP contribution in [0.4, 0.5) is 0 Å². The Hall–Kier alpha value is -1.63. The fourth-order valence-corrected chi connectivity index (χ4v) is 3.64. The van der Waals surface area contributed by atoms with Gasteiger partial charge < -0.3 is 9.84 Å². The van der Waals surface area contributed by atoms with Gasteiger partial charge in [0, 0.05) is 25.2 Å². The van der Waals surface area contributed by atoms with Gasteiger partial charge in [0.25, 0.3) is 0 Å². The van der Waals surface area contributed by atoms with Crippen molar-refractivity contribution in [3.05, 3.63) is 69.2 Å². The predicted molar refractivity (Wildman–Crippen MR) is 111 cm³/mol. The van der Waals surface area contributed by atoms with E-state index in [4.69, 9.17) is 33.0 Å². The van der Waals surface area contributed by atoms with Gasteiger partial charge in [-0.1, -0.05) is 53.5 Å². The quantitative estimate of drug-likeness (QED) is 0.665. The molecule has 0 saturated carbocycles. The summed E-state index contributed by atoms with van der Waals surface area (Å²) in [5.74, 6) is -1.04. The number of halogens is 3. The number of hydrogen-bond acceptors (Lipinski definition) is 4. The number of ether oxygens (including phenoxy) is 1. The van der Waals surface area contributed by atoms with Gasteiger partial charge in [0.05, 0.1) is 34.7 Å². The van der Waals surface area contributed by atoms with Gasteiger partial charge in [-0.15, -0.1) is 12.4 Å². The fourth-order valence-electron chi connectivity index (χ4n) is 3.07. The fraction of sp³-hybridized carbons (Fsp3) is 0.300. The maximum atomic E-state index is 12.7. The van der Waals surface area contributed by atoms with Crippen LogP contribution in [0, 0.1) is 0 Å². The topological polar surface area (TPSA) is 66.8 Å². The third-order valence-electron chi connectivity index (χ3n) is 4.53. The van der Waals surface area contributed by atoms with Gasteiger partial charge >= 0.3 is 5.97 Å². The third kappa shape index (κ3) is 5.46. The van der Waals surface area contributed by atoms with E-state index < -0.39 is 5.97 Å². The van der Waals surface area contributed by atoms with Gasteiger partial charge in [0.2, 0.25) is 0 Å². The molecule has 150 valence electrons. The molecule has 0 amide bonds. The summed E-state index contributed by atoms with van der Waals surface area (Å²) in [4.78, 5) is 25.5. The molecule has 3 rings (SSSR count). The Bertz CT molecular complexity index is 822. The summed E-state index contributed by atoms with van der Waals surface area (Å²) in [6, 6.07) is 12.1. The van der Waals surface area contributed by atoms with Crippen molar-refractivity contribution in [3.8, 4) is 0 Å². The second-order valence-corrected chi connectivity index (χ2v) is 7.17. The lowest BCUT2D eigenvalue weighted by Crippen LogP contribution is -2.39. The first kappa shape index (κ1) is 22.7. The number of rotatable bonds is 6. The number of carbonyl (C=O) groups is 2. The predicted octanol–water partition coefficient (Wildman–Crippen LogP) is 4.49. The Labute approximate surface area is 179 Å². The number of aliphatic carboxylic acids is 1. The molecule has 1 unspecified atom stereocenters. The van der Waals surface area contributed by atoms with Gasteiger partial charge in [-0.25, -0.2) is 0 Å². The number of carboxylic acids is 1. The number of benzene rings is 2. The Morgan fingerprint density at radius 2 is 1.75 bits per heavy atom. The highest BCUT2D eigenvalue weighted by molar-refractivity contribution is 6.41. The number of carboxylic acid groups (broad SMARTS) is 1. The van der Waals surface area contributed by atoms with E-state index in [1.165, 1.54) is 0 Å². The first-order chi connectivity index (χ1) is 13.0. The molecule has 28 heavy (non-hydrogen) atoms. The van der Waals surface area contributed by atoms with Crippen LogP contribution in [0.25, 0.3) is 0 Å². The largest absolute Gasteiger partial charge is 0.481 e. The molecule has 1 saturated heterocycles. The molecule has 5 nitrogen and oxygen atoms in total. The summed E-state index contributed by atoms with van der Waals surface area (Å²) >= 11 is 12.2. The summed E-state index contributed by atoms with van der Waals surface area (Å²) in [5, 5.41) is 9.48. The van der Waals surface area contributed by atoms with Crippen LogP contribution < -0.4 is 0 Å². The van der Waals surface area contributed by atoms with Gasteiger partial charge in [-0.3, -0.25) is 14.5 Å². The minimum absolute atomic E-state index is 0. The van der Waals surface area contributed by atoms with Crippen LogP contribution >= 0.6 is 35.6 Å². The van der Waals surface area contributed by atoms with Crippen molar-refractivity contribution in [1.29, 1.82) is 0 Å². The Balaban J connectivity index is 0.00000280. The highest BCUT2D eigenvalue weighted by atomic mass is 35.5. The zero-order chi connectivity index (χ0) is 19.4. The van der Waals surface area contributed by atoms with E-state index in [0.717, 1.165) is 5.56 Å². The molecule has 8 heteroatoms. The molecule has 1 atom stereocenters. The SMILES string of the molecule is Cl.O=C(O)CCN1CCOC(c2ccc(C(=O)c3c(Cl)cccc3Cl)cc2)C1. The second kappa shape index (κ2) is 10.2. The molecule has 1 heterocycles.